The van der Waals surface area contributed by atoms with Crippen LogP contribution in [0.5, 0.6) is 11.5 Å². The summed E-state index contributed by atoms with van der Waals surface area (Å²) in [6.07, 6.45) is 6.28. The van der Waals surface area contributed by atoms with E-state index in [2.05, 4.69) is 5.10 Å². The first-order chi connectivity index (χ1) is 11.7. The number of likely N-dealkylation sites (tertiary alicyclic amines) is 1. The lowest BCUT2D eigenvalue weighted by Crippen LogP contribution is -2.31. The third-order valence-electron chi connectivity index (χ3n) is 4.64. The number of hydrogen-bond donors (Lipinski definition) is 0. The van der Waals surface area contributed by atoms with Crippen molar-refractivity contribution in [1.29, 1.82) is 0 Å². The molecular weight excluding hydrogens is 306 g/mol. The van der Waals surface area contributed by atoms with Gasteiger partial charge in [0.05, 0.1) is 18.7 Å². The van der Waals surface area contributed by atoms with Gasteiger partial charge in [-0.05, 0) is 30.5 Å². The van der Waals surface area contributed by atoms with Crippen molar-refractivity contribution in [3.8, 4) is 11.5 Å². The first kappa shape index (κ1) is 15.1. The van der Waals surface area contributed by atoms with Gasteiger partial charge in [0.15, 0.2) is 11.5 Å². The number of carbonyl (C=O) groups is 1. The van der Waals surface area contributed by atoms with Gasteiger partial charge in [0, 0.05) is 25.4 Å². The van der Waals surface area contributed by atoms with Crippen molar-refractivity contribution in [1.82, 2.24) is 14.7 Å². The molecule has 1 aromatic carbocycles. The molecule has 3 heterocycles. The van der Waals surface area contributed by atoms with Crippen molar-refractivity contribution >= 4 is 5.91 Å². The summed E-state index contributed by atoms with van der Waals surface area (Å²) >= 11 is 0. The lowest BCUT2D eigenvalue weighted by atomic mass is 10.1. The smallest absolute Gasteiger partial charge is 0.227 e. The number of fused-ring (bicyclic) bond motifs is 1. The molecule has 0 spiro atoms. The van der Waals surface area contributed by atoms with E-state index < -0.39 is 0 Å². The largest absolute Gasteiger partial charge is 0.486 e. The minimum atomic E-state index is 0.142. The number of rotatable bonds is 3. The minimum absolute atomic E-state index is 0.142. The maximum atomic E-state index is 12.8. The van der Waals surface area contributed by atoms with Gasteiger partial charge < -0.3 is 14.4 Å². The molecule has 0 radical (unpaired) electrons. The van der Waals surface area contributed by atoms with Crippen LogP contribution in [-0.2, 0) is 18.3 Å². The SMILES string of the molecule is Cn1cc(C2CCCN2C(=O)Cc2ccc3c(c2)OCCO3)cn1. The van der Waals surface area contributed by atoms with Gasteiger partial charge >= 0.3 is 0 Å². The van der Waals surface area contributed by atoms with Crippen LogP contribution in [0.25, 0.3) is 0 Å². The summed E-state index contributed by atoms with van der Waals surface area (Å²) in [4.78, 5) is 14.8. The van der Waals surface area contributed by atoms with E-state index in [1.165, 1.54) is 0 Å². The molecule has 0 N–H and O–H groups in total. The fraction of sp³-hybridized carbons (Fsp3) is 0.444. The second-order valence-corrected chi connectivity index (χ2v) is 6.35. The predicted octanol–water partition coefficient (Wildman–Crippen LogP) is 2.10. The van der Waals surface area contributed by atoms with Crippen LogP contribution >= 0.6 is 0 Å². The van der Waals surface area contributed by atoms with Gasteiger partial charge in [-0.25, -0.2) is 0 Å². The fourth-order valence-electron chi connectivity index (χ4n) is 3.50. The Balaban J connectivity index is 1.49. The van der Waals surface area contributed by atoms with E-state index in [1.807, 2.05) is 42.5 Å². The quantitative estimate of drug-likeness (QED) is 0.866. The molecule has 0 aliphatic carbocycles. The van der Waals surface area contributed by atoms with Crippen molar-refractivity contribution in [2.45, 2.75) is 25.3 Å². The summed E-state index contributed by atoms with van der Waals surface area (Å²) in [5, 5.41) is 4.24. The van der Waals surface area contributed by atoms with Gasteiger partial charge in [0.2, 0.25) is 5.91 Å². The Labute approximate surface area is 141 Å². The molecule has 2 aromatic rings. The number of aromatic nitrogens is 2. The molecule has 0 saturated carbocycles. The zero-order valence-electron chi connectivity index (χ0n) is 13.8. The second kappa shape index (κ2) is 6.19. The summed E-state index contributed by atoms with van der Waals surface area (Å²) in [5.41, 5.74) is 2.08. The standard InChI is InChI=1S/C18H21N3O3/c1-20-12-14(11-19-20)15-3-2-6-21(15)18(22)10-13-4-5-16-17(9-13)24-8-7-23-16/h4-5,9,11-12,15H,2-3,6-8,10H2,1H3. The van der Waals surface area contributed by atoms with E-state index in [0.29, 0.717) is 19.6 Å². The Morgan fingerprint density at radius 1 is 1.29 bits per heavy atom. The van der Waals surface area contributed by atoms with Crippen LogP contribution in [0.15, 0.2) is 30.6 Å². The van der Waals surface area contributed by atoms with Gasteiger partial charge in [0.25, 0.3) is 0 Å². The van der Waals surface area contributed by atoms with Crippen molar-refractivity contribution in [2.24, 2.45) is 7.05 Å². The number of hydrogen-bond acceptors (Lipinski definition) is 4. The molecule has 1 aromatic heterocycles. The molecule has 1 atom stereocenters. The summed E-state index contributed by atoms with van der Waals surface area (Å²) in [7, 11) is 1.90. The number of carbonyl (C=O) groups excluding carboxylic acids is 1. The average Bonchev–Trinajstić information content (AvgIpc) is 3.23. The lowest BCUT2D eigenvalue weighted by molar-refractivity contribution is -0.131. The highest BCUT2D eigenvalue weighted by atomic mass is 16.6. The first-order valence-corrected chi connectivity index (χ1v) is 8.37. The predicted molar refractivity (Wildman–Crippen MR) is 88.0 cm³/mol. The van der Waals surface area contributed by atoms with Gasteiger partial charge in [-0.3, -0.25) is 9.48 Å². The van der Waals surface area contributed by atoms with E-state index in [-0.39, 0.29) is 11.9 Å². The number of ether oxygens (including phenoxy) is 2. The first-order valence-electron chi connectivity index (χ1n) is 8.37. The van der Waals surface area contributed by atoms with Crippen LogP contribution in [0, 0.1) is 0 Å². The molecule has 126 valence electrons. The van der Waals surface area contributed by atoms with Gasteiger partial charge in [0.1, 0.15) is 13.2 Å². The van der Waals surface area contributed by atoms with Crippen molar-refractivity contribution in [3.63, 3.8) is 0 Å². The van der Waals surface area contributed by atoms with Crippen LogP contribution in [-0.4, -0.2) is 40.3 Å². The van der Waals surface area contributed by atoms with Gasteiger partial charge in [-0.1, -0.05) is 6.07 Å². The number of aryl methyl sites for hydroxylation is 1. The normalized spacial score (nSPS) is 19.5. The van der Waals surface area contributed by atoms with E-state index in [1.54, 1.807) is 4.68 Å². The van der Waals surface area contributed by atoms with E-state index in [9.17, 15) is 4.79 Å². The number of amides is 1. The molecule has 6 nitrogen and oxygen atoms in total. The maximum absolute atomic E-state index is 12.8. The Morgan fingerprint density at radius 3 is 2.92 bits per heavy atom. The van der Waals surface area contributed by atoms with E-state index in [0.717, 1.165) is 42.0 Å². The number of nitrogens with zero attached hydrogens (tertiary/aromatic N) is 3. The summed E-state index contributed by atoms with van der Waals surface area (Å²) in [5.74, 6) is 1.64. The van der Waals surface area contributed by atoms with E-state index in [4.69, 9.17) is 9.47 Å². The van der Waals surface area contributed by atoms with Crippen molar-refractivity contribution in [3.05, 3.63) is 41.7 Å². The summed E-state index contributed by atoms with van der Waals surface area (Å²) < 4.78 is 12.9. The molecular formula is C18H21N3O3. The molecule has 1 fully saturated rings. The highest BCUT2D eigenvalue weighted by Crippen LogP contribution is 2.34. The molecule has 24 heavy (non-hydrogen) atoms. The average molecular weight is 327 g/mol. The van der Waals surface area contributed by atoms with E-state index >= 15 is 0 Å². The third-order valence-corrected chi connectivity index (χ3v) is 4.64. The molecule has 6 heteroatoms. The molecule has 1 unspecified atom stereocenters. The molecule has 0 bridgehead atoms. The minimum Gasteiger partial charge on any atom is -0.486 e. The third kappa shape index (κ3) is 2.84. The van der Waals surface area contributed by atoms with Crippen molar-refractivity contribution in [2.75, 3.05) is 19.8 Å². The fourth-order valence-corrected chi connectivity index (χ4v) is 3.50. The lowest BCUT2D eigenvalue weighted by Gasteiger charge is -2.24. The Kier molecular flexibility index (Phi) is 3.88. The zero-order chi connectivity index (χ0) is 16.5. The Morgan fingerprint density at radius 2 is 2.12 bits per heavy atom. The topological polar surface area (TPSA) is 56.6 Å². The zero-order valence-corrected chi connectivity index (χ0v) is 13.8. The molecule has 1 amide bonds. The molecule has 1 saturated heterocycles. The van der Waals surface area contributed by atoms with Gasteiger partial charge in [-0.15, -0.1) is 0 Å². The van der Waals surface area contributed by atoms with Gasteiger partial charge in [-0.2, -0.15) is 5.10 Å². The molecule has 2 aliphatic rings. The highest BCUT2D eigenvalue weighted by Gasteiger charge is 2.30. The Hall–Kier alpha value is -2.50. The highest BCUT2D eigenvalue weighted by molar-refractivity contribution is 5.79. The molecule has 2 aliphatic heterocycles. The Bertz CT molecular complexity index is 756. The second-order valence-electron chi connectivity index (χ2n) is 6.35. The molecule has 4 rings (SSSR count). The summed E-state index contributed by atoms with van der Waals surface area (Å²) in [6.45, 7) is 1.94. The van der Waals surface area contributed by atoms with Crippen LogP contribution in [0.1, 0.15) is 30.0 Å². The van der Waals surface area contributed by atoms with Crippen LogP contribution in [0.4, 0.5) is 0 Å². The number of benzene rings is 1. The monoisotopic (exact) mass is 327 g/mol. The van der Waals surface area contributed by atoms with Crippen LogP contribution < -0.4 is 9.47 Å². The van der Waals surface area contributed by atoms with Crippen molar-refractivity contribution < 1.29 is 14.3 Å². The summed E-state index contributed by atoms with van der Waals surface area (Å²) in [6, 6.07) is 5.89. The van der Waals surface area contributed by atoms with Crippen LogP contribution in [0.3, 0.4) is 0 Å². The van der Waals surface area contributed by atoms with Crippen LogP contribution in [0.2, 0.25) is 0 Å². The maximum Gasteiger partial charge on any atom is 0.227 e.